The van der Waals surface area contributed by atoms with E-state index >= 15 is 0 Å². The summed E-state index contributed by atoms with van der Waals surface area (Å²) in [6, 6.07) is 15.6. The van der Waals surface area contributed by atoms with Crippen molar-refractivity contribution in [2.45, 2.75) is 19.1 Å². The Hall–Kier alpha value is -2.40. The number of halogens is 1. The second-order valence-electron chi connectivity index (χ2n) is 5.78. The highest BCUT2D eigenvalue weighted by molar-refractivity contribution is 5.78. The number of hydrogen-bond donors (Lipinski definition) is 0. The first-order valence-electron chi connectivity index (χ1n) is 7.99. The van der Waals surface area contributed by atoms with Crippen molar-refractivity contribution in [1.29, 1.82) is 0 Å². The van der Waals surface area contributed by atoms with Crippen molar-refractivity contribution >= 4 is 5.91 Å². The van der Waals surface area contributed by atoms with Gasteiger partial charge >= 0.3 is 0 Å². The highest BCUT2D eigenvalue weighted by Crippen LogP contribution is 2.28. The summed E-state index contributed by atoms with van der Waals surface area (Å²) in [6.07, 6.45) is -0.155. The van der Waals surface area contributed by atoms with Crippen LogP contribution < -0.4 is 4.74 Å². The van der Waals surface area contributed by atoms with Crippen LogP contribution in [0.25, 0.3) is 0 Å². The molecule has 0 saturated carbocycles. The van der Waals surface area contributed by atoms with Crippen LogP contribution in [0.1, 0.15) is 18.6 Å². The molecule has 1 fully saturated rings. The van der Waals surface area contributed by atoms with Crippen LogP contribution in [0.4, 0.5) is 4.39 Å². The molecule has 24 heavy (non-hydrogen) atoms. The first kappa shape index (κ1) is 16.5. The van der Waals surface area contributed by atoms with Gasteiger partial charge in [0.25, 0.3) is 5.91 Å². The second kappa shape index (κ2) is 7.45. The maximum absolute atomic E-state index is 13.2. The molecule has 4 nitrogen and oxygen atoms in total. The molecule has 1 heterocycles. The number of amides is 1. The maximum atomic E-state index is 13.2. The summed E-state index contributed by atoms with van der Waals surface area (Å²) >= 11 is 0. The average Bonchev–Trinajstić information content (AvgIpc) is 2.61. The summed E-state index contributed by atoms with van der Waals surface area (Å²) in [5.41, 5.74) is 1.05. The van der Waals surface area contributed by atoms with Crippen molar-refractivity contribution in [3.05, 3.63) is 66.0 Å². The number of carbonyl (C=O) groups excluding carboxylic acids is 1. The Labute approximate surface area is 140 Å². The molecule has 0 aromatic heterocycles. The third kappa shape index (κ3) is 3.74. The van der Waals surface area contributed by atoms with E-state index in [2.05, 4.69) is 0 Å². The minimum absolute atomic E-state index is 0.0928. The van der Waals surface area contributed by atoms with Crippen LogP contribution in [-0.4, -0.2) is 36.6 Å². The van der Waals surface area contributed by atoms with E-state index in [0.717, 1.165) is 5.56 Å². The Bertz CT molecular complexity index is 692. The van der Waals surface area contributed by atoms with Crippen LogP contribution in [0, 0.1) is 5.82 Å². The van der Waals surface area contributed by atoms with Gasteiger partial charge < -0.3 is 14.4 Å². The predicted octanol–water partition coefficient (Wildman–Crippen LogP) is 3.19. The molecule has 0 aliphatic carbocycles. The Kier molecular flexibility index (Phi) is 5.11. The molecule has 5 heteroatoms. The standard InChI is InChI=1S/C19H20FNO3/c1-14-19(15-6-3-2-4-7-15)23-11-10-21(14)18(22)13-24-17-9-5-8-16(20)12-17/h2-9,12,14,19H,10-11,13H2,1H3. The van der Waals surface area contributed by atoms with E-state index in [-0.39, 0.29) is 30.5 Å². The largest absolute Gasteiger partial charge is 0.484 e. The highest BCUT2D eigenvalue weighted by Gasteiger charge is 2.32. The van der Waals surface area contributed by atoms with E-state index in [0.29, 0.717) is 18.9 Å². The normalized spacial score (nSPS) is 20.7. The van der Waals surface area contributed by atoms with Crippen molar-refractivity contribution in [2.75, 3.05) is 19.8 Å². The van der Waals surface area contributed by atoms with Crippen LogP contribution in [-0.2, 0) is 9.53 Å². The fourth-order valence-electron chi connectivity index (χ4n) is 2.94. The Morgan fingerprint density at radius 3 is 2.79 bits per heavy atom. The molecule has 0 bridgehead atoms. The summed E-state index contributed by atoms with van der Waals surface area (Å²) in [4.78, 5) is 14.3. The third-order valence-corrected chi connectivity index (χ3v) is 4.17. The van der Waals surface area contributed by atoms with E-state index in [1.54, 1.807) is 17.0 Å². The molecular formula is C19H20FNO3. The van der Waals surface area contributed by atoms with E-state index in [1.807, 2.05) is 37.3 Å². The lowest BCUT2D eigenvalue weighted by Crippen LogP contribution is -2.50. The van der Waals surface area contributed by atoms with Crippen LogP contribution in [0.15, 0.2) is 54.6 Å². The van der Waals surface area contributed by atoms with Gasteiger partial charge in [-0.25, -0.2) is 4.39 Å². The van der Waals surface area contributed by atoms with Crippen LogP contribution >= 0.6 is 0 Å². The van der Waals surface area contributed by atoms with Gasteiger partial charge in [-0.05, 0) is 24.6 Å². The Morgan fingerprint density at radius 1 is 1.25 bits per heavy atom. The predicted molar refractivity (Wildman–Crippen MR) is 88.2 cm³/mol. The quantitative estimate of drug-likeness (QED) is 0.865. The summed E-state index contributed by atoms with van der Waals surface area (Å²) in [5, 5.41) is 0. The van der Waals surface area contributed by atoms with Crippen molar-refractivity contribution < 1.29 is 18.7 Å². The molecule has 1 aliphatic rings. The molecule has 3 rings (SSSR count). The van der Waals surface area contributed by atoms with Gasteiger partial charge in [0.05, 0.1) is 12.6 Å². The lowest BCUT2D eigenvalue weighted by atomic mass is 10.0. The zero-order valence-electron chi connectivity index (χ0n) is 13.5. The molecule has 2 aromatic rings. The van der Waals surface area contributed by atoms with Crippen LogP contribution in [0.3, 0.4) is 0 Å². The van der Waals surface area contributed by atoms with Gasteiger partial charge in [0, 0.05) is 12.6 Å². The zero-order valence-corrected chi connectivity index (χ0v) is 13.5. The van der Waals surface area contributed by atoms with Gasteiger partial charge in [0.1, 0.15) is 17.7 Å². The molecule has 2 atom stereocenters. The topological polar surface area (TPSA) is 38.8 Å². The Morgan fingerprint density at radius 2 is 2.04 bits per heavy atom. The van der Waals surface area contributed by atoms with Crippen molar-refractivity contribution in [2.24, 2.45) is 0 Å². The summed E-state index contributed by atoms with van der Waals surface area (Å²) in [7, 11) is 0. The lowest BCUT2D eigenvalue weighted by Gasteiger charge is -2.39. The molecule has 0 N–H and O–H groups in total. The number of nitrogens with zero attached hydrogens (tertiary/aromatic N) is 1. The third-order valence-electron chi connectivity index (χ3n) is 4.17. The number of hydrogen-bond acceptors (Lipinski definition) is 3. The van der Waals surface area contributed by atoms with E-state index in [1.165, 1.54) is 12.1 Å². The molecular weight excluding hydrogens is 309 g/mol. The molecule has 126 valence electrons. The smallest absolute Gasteiger partial charge is 0.260 e. The van der Waals surface area contributed by atoms with Crippen molar-refractivity contribution in [1.82, 2.24) is 4.90 Å². The van der Waals surface area contributed by atoms with Gasteiger partial charge in [-0.3, -0.25) is 4.79 Å². The summed E-state index contributed by atoms with van der Waals surface area (Å²) in [5.74, 6) is -0.163. The fraction of sp³-hybridized carbons (Fsp3) is 0.316. The average molecular weight is 329 g/mol. The zero-order chi connectivity index (χ0) is 16.9. The fourth-order valence-corrected chi connectivity index (χ4v) is 2.94. The molecule has 1 saturated heterocycles. The molecule has 0 spiro atoms. The van der Waals surface area contributed by atoms with Crippen LogP contribution in [0.5, 0.6) is 5.75 Å². The van der Waals surface area contributed by atoms with Gasteiger partial charge in [0.2, 0.25) is 0 Å². The number of rotatable bonds is 4. The van der Waals surface area contributed by atoms with Crippen molar-refractivity contribution in [3.63, 3.8) is 0 Å². The first-order chi connectivity index (χ1) is 11.6. The number of ether oxygens (including phenoxy) is 2. The second-order valence-corrected chi connectivity index (χ2v) is 5.78. The van der Waals surface area contributed by atoms with Gasteiger partial charge in [-0.15, -0.1) is 0 Å². The van der Waals surface area contributed by atoms with Crippen molar-refractivity contribution in [3.8, 4) is 5.75 Å². The molecule has 2 aromatic carbocycles. The van der Waals surface area contributed by atoms with Crippen LogP contribution in [0.2, 0.25) is 0 Å². The summed E-state index contributed by atoms with van der Waals surface area (Å²) in [6.45, 7) is 2.86. The minimum Gasteiger partial charge on any atom is -0.484 e. The van der Waals surface area contributed by atoms with Gasteiger partial charge in [0.15, 0.2) is 6.61 Å². The maximum Gasteiger partial charge on any atom is 0.260 e. The SMILES string of the molecule is CC1C(c2ccccc2)OCCN1C(=O)COc1cccc(F)c1. The van der Waals surface area contributed by atoms with E-state index < -0.39 is 0 Å². The Balaban J connectivity index is 1.64. The molecule has 1 amide bonds. The molecule has 2 unspecified atom stereocenters. The first-order valence-corrected chi connectivity index (χ1v) is 7.99. The van der Waals surface area contributed by atoms with Gasteiger partial charge in [-0.2, -0.15) is 0 Å². The van der Waals surface area contributed by atoms with E-state index in [4.69, 9.17) is 9.47 Å². The minimum atomic E-state index is -0.385. The number of carbonyl (C=O) groups is 1. The number of benzene rings is 2. The number of morpholine rings is 1. The monoisotopic (exact) mass is 329 g/mol. The van der Waals surface area contributed by atoms with Gasteiger partial charge in [-0.1, -0.05) is 36.4 Å². The summed E-state index contributed by atoms with van der Waals surface area (Å²) < 4.78 is 24.4. The lowest BCUT2D eigenvalue weighted by molar-refractivity contribution is -0.147. The molecule has 1 aliphatic heterocycles. The van der Waals surface area contributed by atoms with E-state index in [9.17, 15) is 9.18 Å². The molecule has 0 radical (unpaired) electrons. The highest BCUT2D eigenvalue weighted by atomic mass is 19.1.